The molecule has 2 aromatic rings. The summed E-state index contributed by atoms with van der Waals surface area (Å²) in [6.45, 7) is 11.2. The predicted molar refractivity (Wildman–Crippen MR) is 184 cm³/mol. The predicted octanol–water partition coefficient (Wildman–Crippen LogP) is -2.80. The lowest BCUT2D eigenvalue weighted by atomic mass is 9.98. The number of anilines is 3. The van der Waals surface area contributed by atoms with Gasteiger partial charge in [-0.3, -0.25) is 9.59 Å². The number of ether oxygens (including phenoxy) is 4. The minimum absolute atomic E-state index is 0. The molecule has 284 valence electrons. The van der Waals surface area contributed by atoms with E-state index < -0.39 is 12.0 Å². The first-order chi connectivity index (χ1) is 24.3. The molecule has 2 fully saturated rings. The Labute approximate surface area is 305 Å². The summed E-state index contributed by atoms with van der Waals surface area (Å²) in [5.41, 5.74) is 6.93. The van der Waals surface area contributed by atoms with E-state index in [2.05, 4.69) is 31.4 Å². The SMILES string of the molecule is C#CCOCCOCCOCCNc1nc(N2CCOCC2)nc(N2CCN(C(=O)[C@H](CCC(=O)O)n3cc(C(N)[C@H](C)CC)nn3)CC2)n1.[Cl-]. The van der Waals surface area contributed by atoms with E-state index in [-0.39, 0.29) is 49.7 Å². The van der Waals surface area contributed by atoms with Gasteiger partial charge in [0.05, 0.1) is 64.2 Å². The Hall–Kier alpha value is -3.86. The topological polar surface area (TPSA) is 208 Å². The number of nitrogens with zero attached hydrogens (tertiary/aromatic N) is 9. The van der Waals surface area contributed by atoms with Crippen molar-refractivity contribution < 1.29 is 46.1 Å². The van der Waals surface area contributed by atoms with E-state index in [1.807, 2.05) is 18.7 Å². The zero-order valence-electron chi connectivity index (χ0n) is 29.5. The third-order valence-corrected chi connectivity index (χ3v) is 8.60. The fourth-order valence-electron chi connectivity index (χ4n) is 5.39. The van der Waals surface area contributed by atoms with Crippen molar-refractivity contribution in [3.8, 4) is 12.3 Å². The number of terminal acetylenes is 1. The number of morpholine rings is 1. The molecule has 4 N–H and O–H groups in total. The number of nitrogens with two attached hydrogens (primary N) is 1. The van der Waals surface area contributed by atoms with E-state index in [1.165, 1.54) is 4.68 Å². The Morgan fingerprint density at radius 3 is 2.25 bits per heavy atom. The second-order valence-electron chi connectivity index (χ2n) is 12.1. The number of carboxylic acid groups (broad SMARTS) is 1. The molecule has 18 nitrogen and oxygen atoms in total. The summed E-state index contributed by atoms with van der Waals surface area (Å²) in [5.74, 6) is 2.85. The number of halogens is 1. The Bertz CT molecular complexity index is 1380. The van der Waals surface area contributed by atoms with Crippen LogP contribution in [0.1, 0.15) is 50.9 Å². The summed E-state index contributed by atoms with van der Waals surface area (Å²) < 4.78 is 23.3. The first-order valence-corrected chi connectivity index (χ1v) is 17.2. The van der Waals surface area contributed by atoms with Crippen LogP contribution < -0.4 is 33.3 Å². The van der Waals surface area contributed by atoms with E-state index in [0.717, 1.165) is 6.42 Å². The first kappa shape index (κ1) is 41.6. The molecule has 1 amide bonds. The van der Waals surface area contributed by atoms with Gasteiger partial charge in [0.2, 0.25) is 23.8 Å². The molecule has 2 aromatic heterocycles. The number of amides is 1. The van der Waals surface area contributed by atoms with Crippen molar-refractivity contribution in [3.05, 3.63) is 11.9 Å². The van der Waals surface area contributed by atoms with Crippen molar-refractivity contribution in [1.29, 1.82) is 0 Å². The molecule has 0 aromatic carbocycles. The number of rotatable bonds is 21. The summed E-state index contributed by atoms with van der Waals surface area (Å²) in [6, 6.07) is -1.15. The maximum absolute atomic E-state index is 13.8. The molecule has 0 bridgehead atoms. The van der Waals surface area contributed by atoms with Crippen molar-refractivity contribution in [3.63, 3.8) is 0 Å². The molecule has 0 spiro atoms. The summed E-state index contributed by atoms with van der Waals surface area (Å²) in [6.07, 6.45) is 7.58. The highest BCUT2D eigenvalue weighted by Crippen LogP contribution is 2.24. The molecule has 4 heterocycles. The van der Waals surface area contributed by atoms with Crippen LogP contribution in [-0.4, -0.2) is 150 Å². The largest absolute Gasteiger partial charge is 1.00 e. The smallest absolute Gasteiger partial charge is 0.303 e. The molecule has 2 aliphatic rings. The Morgan fingerprint density at radius 1 is 1.00 bits per heavy atom. The van der Waals surface area contributed by atoms with Crippen molar-refractivity contribution in [1.82, 2.24) is 34.8 Å². The minimum Gasteiger partial charge on any atom is -1.00 e. The quantitative estimate of drug-likeness (QED) is 0.0874. The van der Waals surface area contributed by atoms with Crippen molar-refractivity contribution in [2.24, 2.45) is 11.7 Å². The molecule has 4 rings (SSSR count). The lowest BCUT2D eigenvalue weighted by Gasteiger charge is -2.36. The zero-order chi connectivity index (χ0) is 35.7. The molecule has 3 atom stereocenters. The van der Waals surface area contributed by atoms with Gasteiger partial charge in [-0.1, -0.05) is 31.4 Å². The number of piperazine rings is 1. The van der Waals surface area contributed by atoms with Crippen LogP contribution in [0.2, 0.25) is 0 Å². The van der Waals surface area contributed by atoms with Crippen LogP contribution in [0.4, 0.5) is 17.8 Å². The average Bonchev–Trinajstić information content (AvgIpc) is 3.63. The highest BCUT2D eigenvalue weighted by molar-refractivity contribution is 5.81. The van der Waals surface area contributed by atoms with Gasteiger partial charge in [0.15, 0.2) is 0 Å². The first-order valence-electron chi connectivity index (χ1n) is 17.2. The number of aromatic nitrogens is 6. The summed E-state index contributed by atoms with van der Waals surface area (Å²) >= 11 is 0. The van der Waals surface area contributed by atoms with Gasteiger partial charge in [0.1, 0.15) is 12.6 Å². The molecule has 1 unspecified atom stereocenters. The third-order valence-electron chi connectivity index (χ3n) is 8.60. The molecule has 0 aliphatic carbocycles. The molecule has 51 heavy (non-hydrogen) atoms. The van der Waals surface area contributed by atoms with Crippen LogP contribution in [-0.2, 0) is 28.5 Å². The average molecular weight is 737 g/mol. The van der Waals surface area contributed by atoms with E-state index in [9.17, 15) is 14.7 Å². The number of carbonyl (C=O) groups is 2. The van der Waals surface area contributed by atoms with E-state index in [0.29, 0.717) is 116 Å². The number of carboxylic acids is 1. The van der Waals surface area contributed by atoms with Gasteiger partial charge in [0, 0.05) is 52.2 Å². The summed E-state index contributed by atoms with van der Waals surface area (Å²) in [7, 11) is 0. The standard InChI is InChI=1S/C32H51N11O7.ClH/c1-4-15-47-19-21-50-22-20-48-16-8-34-30-35-31(37-32(36-30)42-13-17-49-18-14-42)41-11-9-40(10-12-41)29(46)26(6-7-27(44)45)43-23-25(38-39-43)28(33)24(3)5-2;/h1,23-24,26,28H,5-22,33H2,2-3H3,(H,44,45)(H,34,35,36,37);1H/p-1/t24-,26+,28?;/m1./s1. The molecular weight excluding hydrogens is 686 g/mol. The molecular formula is C32H51ClN11O7-. The van der Waals surface area contributed by atoms with Crippen LogP contribution in [0, 0.1) is 18.3 Å². The number of nitrogens with one attached hydrogen (secondary N) is 1. The monoisotopic (exact) mass is 736 g/mol. The lowest BCUT2D eigenvalue weighted by molar-refractivity contribution is -0.138. The molecule has 0 radical (unpaired) electrons. The molecule has 19 heteroatoms. The number of hydrogen-bond acceptors (Lipinski definition) is 15. The van der Waals surface area contributed by atoms with Crippen LogP contribution in [0.15, 0.2) is 6.20 Å². The molecule has 0 saturated carbocycles. The van der Waals surface area contributed by atoms with E-state index in [1.54, 1.807) is 11.1 Å². The molecule has 2 aliphatic heterocycles. The van der Waals surface area contributed by atoms with Crippen molar-refractivity contribution >= 4 is 29.7 Å². The Balaban J connectivity index is 0.00000702. The van der Waals surface area contributed by atoms with Crippen LogP contribution in [0.5, 0.6) is 0 Å². The van der Waals surface area contributed by atoms with E-state index in [4.69, 9.17) is 41.1 Å². The number of aliphatic carboxylic acids is 1. The zero-order valence-corrected chi connectivity index (χ0v) is 30.2. The Kier molecular flexibility index (Phi) is 18.1. The van der Waals surface area contributed by atoms with Gasteiger partial charge in [-0.05, 0) is 12.3 Å². The van der Waals surface area contributed by atoms with Gasteiger partial charge >= 0.3 is 5.97 Å². The van der Waals surface area contributed by atoms with Gasteiger partial charge in [-0.2, -0.15) is 15.0 Å². The Morgan fingerprint density at radius 2 is 1.63 bits per heavy atom. The van der Waals surface area contributed by atoms with Crippen LogP contribution in [0.25, 0.3) is 0 Å². The maximum atomic E-state index is 13.8. The third kappa shape index (κ3) is 13.0. The maximum Gasteiger partial charge on any atom is 0.303 e. The van der Waals surface area contributed by atoms with Gasteiger partial charge in [0.25, 0.3) is 0 Å². The second-order valence-corrected chi connectivity index (χ2v) is 12.1. The lowest BCUT2D eigenvalue weighted by Crippen LogP contribution is -3.00. The second kappa shape index (κ2) is 22.2. The fraction of sp³-hybridized carbons (Fsp3) is 0.719. The van der Waals surface area contributed by atoms with Crippen LogP contribution in [0.3, 0.4) is 0 Å². The van der Waals surface area contributed by atoms with Crippen molar-refractivity contribution in [2.75, 3.05) is 114 Å². The number of carbonyl (C=O) groups excluding carboxylic acids is 1. The van der Waals surface area contributed by atoms with Crippen molar-refractivity contribution in [2.45, 2.75) is 45.2 Å². The van der Waals surface area contributed by atoms with Crippen LogP contribution >= 0.6 is 0 Å². The minimum atomic E-state index is -0.987. The van der Waals surface area contributed by atoms with E-state index >= 15 is 0 Å². The van der Waals surface area contributed by atoms with Gasteiger partial charge in [-0.25, -0.2) is 4.68 Å². The molecule has 2 saturated heterocycles. The fourth-order valence-corrected chi connectivity index (χ4v) is 5.39. The normalized spacial score (nSPS) is 16.5. The summed E-state index contributed by atoms with van der Waals surface area (Å²) in [5, 5.41) is 21.1. The number of hydrogen-bond donors (Lipinski definition) is 3. The van der Waals surface area contributed by atoms with Gasteiger partial charge < -0.3 is 62.2 Å². The highest BCUT2D eigenvalue weighted by Gasteiger charge is 2.32. The van der Waals surface area contributed by atoms with Gasteiger partial charge in [-0.15, -0.1) is 11.5 Å². The summed E-state index contributed by atoms with van der Waals surface area (Å²) in [4.78, 5) is 45.2. The highest BCUT2D eigenvalue weighted by atomic mass is 35.5.